The first-order valence-corrected chi connectivity index (χ1v) is 8.22. The minimum atomic E-state index is 0.136. The van der Waals surface area contributed by atoms with Gasteiger partial charge >= 0.3 is 0 Å². The average Bonchev–Trinajstić information content (AvgIpc) is 3.36. The maximum atomic E-state index is 12.7. The number of carbonyl (C=O) groups excluding carboxylic acids is 1. The molecular weight excluding hydrogens is 302 g/mol. The molecular formula is C18H17N5O. The normalized spacial score (nSPS) is 22.5. The van der Waals surface area contributed by atoms with E-state index in [1.807, 2.05) is 47.5 Å². The number of amides is 1. The first kappa shape index (κ1) is 13.5. The number of nitrogens with one attached hydrogen (secondary N) is 1. The topological polar surface area (TPSA) is 65.1 Å². The van der Waals surface area contributed by atoms with Crippen molar-refractivity contribution in [3.05, 3.63) is 54.5 Å². The van der Waals surface area contributed by atoms with Gasteiger partial charge in [0.1, 0.15) is 17.8 Å². The zero-order chi connectivity index (χ0) is 16.1. The van der Waals surface area contributed by atoms with Gasteiger partial charge in [-0.2, -0.15) is 0 Å². The van der Waals surface area contributed by atoms with E-state index in [0.717, 1.165) is 41.9 Å². The Hall–Kier alpha value is -2.89. The fraction of sp³-hybridized carbons (Fsp3) is 0.278. The number of carbonyl (C=O) groups is 1. The summed E-state index contributed by atoms with van der Waals surface area (Å²) in [6.45, 7) is 1.59. The third-order valence-electron chi connectivity index (χ3n) is 5.13. The van der Waals surface area contributed by atoms with Gasteiger partial charge in [-0.05, 0) is 24.6 Å². The minimum absolute atomic E-state index is 0.136. The number of aromatic amines is 1. The molecule has 24 heavy (non-hydrogen) atoms. The predicted octanol–water partition coefficient (Wildman–Crippen LogP) is 2.06. The van der Waals surface area contributed by atoms with Crippen LogP contribution in [-0.4, -0.2) is 50.9 Å². The van der Waals surface area contributed by atoms with Crippen molar-refractivity contribution in [2.75, 3.05) is 18.0 Å². The van der Waals surface area contributed by atoms with Crippen LogP contribution in [0.25, 0.3) is 11.0 Å². The van der Waals surface area contributed by atoms with Crippen LogP contribution in [0.1, 0.15) is 16.8 Å². The van der Waals surface area contributed by atoms with Gasteiger partial charge in [-0.25, -0.2) is 9.97 Å². The highest BCUT2D eigenvalue weighted by molar-refractivity contribution is 5.95. The molecule has 0 saturated carbocycles. The lowest BCUT2D eigenvalue weighted by Gasteiger charge is -2.35. The summed E-state index contributed by atoms with van der Waals surface area (Å²) in [5.41, 5.74) is 1.63. The standard InChI is InChI=1S/C18H17N5O/c24-18(12-4-2-1-3-5-12)23-10-13-8-14(23)9-22(13)17-15-6-7-19-16(15)20-11-21-17/h1-7,11,13-14H,8-10H2,(H,19,20,21)/t13?,14-/m0/s1. The average molecular weight is 319 g/mol. The number of hydrogen-bond acceptors (Lipinski definition) is 4. The van der Waals surface area contributed by atoms with E-state index in [-0.39, 0.29) is 11.9 Å². The van der Waals surface area contributed by atoms with E-state index in [2.05, 4.69) is 19.9 Å². The highest BCUT2D eigenvalue weighted by Gasteiger charge is 2.46. The third kappa shape index (κ3) is 1.92. The number of rotatable bonds is 2. The molecule has 1 amide bonds. The molecule has 1 aromatic carbocycles. The van der Waals surface area contributed by atoms with Crippen molar-refractivity contribution in [1.29, 1.82) is 0 Å². The van der Waals surface area contributed by atoms with Crippen molar-refractivity contribution in [3.63, 3.8) is 0 Å². The molecule has 6 heteroatoms. The molecule has 4 heterocycles. The van der Waals surface area contributed by atoms with E-state index in [1.165, 1.54) is 0 Å². The Balaban J connectivity index is 1.41. The predicted molar refractivity (Wildman–Crippen MR) is 90.9 cm³/mol. The Morgan fingerprint density at radius 2 is 1.96 bits per heavy atom. The van der Waals surface area contributed by atoms with Gasteiger partial charge < -0.3 is 14.8 Å². The summed E-state index contributed by atoms with van der Waals surface area (Å²) in [4.78, 5) is 29.0. The number of fused-ring (bicyclic) bond motifs is 3. The number of aromatic nitrogens is 3. The molecule has 2 fully saturated rings. The largest absolute Gasteiger partial charge is 0.349 e. The van der Waals surface area contributed by atoms with Crippen LogP contribution in [0, 0.1) is 0 Å². The molecule has 0 aliphatic carbocycles. The number of nitrogens with zero attached hydrogens (tertiary/aromatic N) is 4. The van der Waals surface area contributed by atoms with Crippen LogP contribution in [0.5, 0.6) is 0 Å². The van der Waals surface area contributed by atoms with E-state index >= 15 is 0 Å². The molecule has 6 nitrogen and oxygen atoms in total. The van der Waals surface area contributed by atoms with Gasteiger partial charge in [-0.3, -0.25) is 4.79 Å². The number of benzene rings is 1. The highest BCUT2D eigenvalue weighted by Crippen LogP contribution is 2.36. The van der Waals surface area contributed by atoms with E-state index in [0.29, 0.717) is 6.04 Å². The quantitative estimate of drug-likeness (QED) is 0.785. The van der Waals surface area contributed by atoms with Crippen LogP contribution in [0.3, 0.4) is 0 Å². The van der Waals surface area contributed by atoms with Crippen LogP contribution >= 0.6 is 0 Å². The second kappa shape index (κ2) is 5.06. The van der Waals surface area contributed by atoms with Crippen molar-refractivity contribution >= 4 is 22.8 Å². The van der Waals surface area contributed by atoms with Crippen molar-refractivity contribution < 1.29 is 4.79 Å². The van der Waals surface area contributed by atoms with Crippen molar-refractivity contribution in [2.45, 2.75) is 18.5 Å². The zero-order valence-corrected chi connectivity index (χ0v) is 13.1. The summed E-state index contributed by atoms with van der Waals surface area (Å²) in [7, 11) is 0. The number of likely N-dealkylation sites (tertiary alicyclic amines) is 1. The van der Waals surface area contributed by atoms with Gasteiger partial charge in [0.15, 0.2) is 0 Å². The lowest BCUT2D eigenvalue weighted by molar-refractivity contribution is 0.0725. The fourth-order valence-electron chi connectivity index (χ4n) is 4.01. The number of H-pyrrole nitrogens is 1. The van der Waals surface area contributed by atoms with Gasteiger partial charge in [0.2, 0.25) is 0 Å². The zero-order valence-electron chi connectivity index (χ0n) is 13.1. The van der Waals surface area contributed by atoms with Crippen LogP contribution in [-0.2, 0) is 0 Å². The first-order valence-electron chi connectivity index (χ1n) is 8.22. The second-order valence-corrected chi connectivity index (χ2v) is 6.46. The Labute approximate surface area is 139 Å². The molecule has 0 spiro atoms. The second-order valence-electron chi connectivity index (χ2n) is 6.46. The van der Waals surface area contributed by atoms with Gasteiger partial charge in [-0.15, -0.1) is 0 Å². The van der Waals surface area contributed by atoms with Gasteiger partial charge in [0, 0.05) is 24.8 Å². The molecule has 2 aliphatic heterocycles. The molecule has 5 rings (SSSR count). The molecule has 2 aliphatic rings. The molecule has 120 valence electrons. The molecule has 1 unspecified atom stereocenters. The van der Waals surface area contributed by atoms with Crippen molar-refractivity contribution in [3.8, 4) is 0 Å². The Morgan fingerprint density at radius 1 is 1.08 bits per heavy atom. The molecule has 2 saturated heterocycles. The SMILES string of the molecule is O=C(c1ccccc1)N1CC2C[C@H]1CN2c1ncnc2[nH]ccc12. The van der Waals surface area contributed by atoms with Gasteiger partial charge in [-0.1, -0.05) is 18.2 Å². The third-order valence-corrected chi connectivity index (χ3v) is 5.13. The van der Waals surface area contributed by atoms with Crippen LogP contribution in [0.15, 0.2) is 48.9 Å². The fourth-order valence-corrected chi connectivity index (χ4v) is 4.01. The Kier molecular flexibility index (Phi) is 2.85. The van der Waals surface area contributed by atoms with Crippen LogP contribution < -0.4 is 4.90 Å². The Bertz CT molecular complexity index is 906. The lowest BCUT2D eigenvalue weighted by Crippen LogP contribution is -2.49. The maximum Gasteiger partial charge on any atom is 0.254 e. The number of hydrogen-bond donors (Lipinski definition) is 1. The molecule has 2 aromatic heterocycles. The minimum Gasteiger partial charge on any atom is -0.349 e. The molecule has 3 aromatic rings. The summed E-state index contributed by atoms with van der Waals surface area (Å²) >= 11 is 0. The summed E-state index contributed by atoms with van der Waals surface area (Å²) in [6, 6.07) is 12.1. The number of anilines is 1. The van der Waals surface area contributed by atoms with Gasteiger partial charge in [0.05, 0.1) is 17.5 Å². The van der Waals surface area contributed by atoms with Crippen LogP contribution in [0.4, 0.5) is 5.82 Å². The highest BCUT2D eigenvalue weighted by atomic mass is 16.2. The molecule has 1 N–H and O–H groups in total. The monoisotopic (exact) mass is 319 g/mol. The first-order chi connectivity index (χ1) is 11.8. The van der Waals surface area contributed by atoms with E-state index in [9.17, 15) is 4.79 Å². The molecule has 2 atom stereocenters. The summed E-state index contributed by atoms with van der Waals surface area (Å²) in [5.74, 6) is 1.11. The van der Waals surface area contributed by atoms with E-state index < -0.39 is 0 Å². The Morgan fingerprint density at radius 3 is 2.75 bits per heavy atom. The maximum absolute atomic E-state index is 12.7. The van der Waals surface area contributed by atoms with Crippen molar-refractivity contribution in [1.82, 2.24) is 19.9 Å². The van der Waals surface area contributed by atoms with Crippen LogP contribution in [0.2, 0.25) is 0 Å². The van der Waals surface area contributed by atoms with E-state index in [4.69, 9.17) is 0 Å². The van der Waals surface area contributed by atoms with Gasteiger partial charge in [0.25, 0.3) is 5.91 Å². The summed E-state index contributed by atoms with van der Waals surface area (Å²) in [6.07, 6.45) is 4.50. The summed E-state index contributed by atoms with van der Waals surface area (Å²) < 4.78 is 0. The van der Waals surface area contributed by atoms with Crippen molar-refractivity contribution in [2.24, 2.45) is 0 Å². The lowest BCUT2D eigenvalue weighted by atomic mass is 10.1. The smallest absolute Gasteiger partial charge is 0.254 e. The van der Waals surface area contributed by atoms with E-state index in [1.54, 1.807) is 6.33 Å². The number of piperazine rings is 1. The summed E-state index contributed by atoms with van der Waals surface area (Å²) in [5, 5.41) is 1.05. The molecule has 2 bridgehead atoms. The molecule has 0 radical (unpaired) electrons.